The predicted molar refractivity (Wildman–Crippen MR) is 119 cm³/mol. The molecule has 0 radical (unpaired) electrons. The maximum atomic E-state index is 12.0. The number of nitrogens with two attached hydrogens (primary N) is 1. The summed E-state index contributed by atoms with van der Waals surface area (Å²) < 4.78 is 6.61. The average molecular weight is 416 g/mol. The fourth-order valence-corrected chi connectivity index (χ4v) is 4.00. The molecule has 158 valence electrons. The predicted octanol–water partition coefficient (Wildman–Crippen LogP) is 4.95. The average Bonchev–Trinajstić information content (AvgIpc) is 2.65. The molecule has 0 fully saturated rings. The van der Waals surface area contributed by atoms with E-state index in [0.717, 1.165) is 11.1 Å². The zero-order valence-electron chi connectivity index (χ0n) is 18.1. The van der Waals surface area contributed by atoms with Gasteiger partial charge >= 0.3 is 6.09 Å². The minimum atomic E-state index is -2.11. The highest BCUT2D eigenvalue weighted by molar-refractivity contribution is 6.74. The first-order valence-corrected chi connectivity index (χ1v) is 12.8. The van der Waals surface area contributed by atoms with Crippen molar-refractivity contribution in [1.29, 1.82) is 0 Å². The highest BCUT2D eigenvalue weighted by atomic mass is 28.4. The molecule has 0 bridgehead atoms. The minimum Gasteiger partial charge on any atom is -0.465 e. The van der Waals surface area contributed by atoms with Crippen LogP contribution in [-0.4, -0.2) is 42.5 Å². The SMILES string of the molecule is CC(C)(C)[Si](C)(C)OC(CN(CCc1ccc(N)cc1)C(=O)O)c1cccnc1. The molecular weight excluding hydrogens is 382 g/mol. The second-order valence-corrected chi connectivity index (χ2v) is 13.6. The Hall–Kier alpha value is -2.38. The molecule has 2 aromatic rings. The van der Waals surface area contributed by atoms with Crippen molar-refractivity contribution in [2.45, 2.75) is 51.4 Å². The van der Waals surface area contributed by atoms with Crippen LogP contribution in [0.1, 0.15) is 38.0 Å². The molecule has 1 atom stereocenters. The van der Waals surface area contributed by atoms with Gasteiger partial charge in [-0.3, -0.25) is 4.98 Å². The fraction of sp³-hybridized carbons (Fsp3) is 0.455. The van der Waals surface area contributed by atoms with E-state index in [1.165, 1.54) is 4.90 Å². The van der Waals surface area contributed by atoms with Gasteiger partial charge < -0.3 is 20.2 Å². The van der Waals surface area contributed by atoms with Gasteiger partial charge in [-0.1, -0.05) is 39.0 Å². The van der Waals surface area contributed by atoms with E-state index in [1.807, 2.05) is 36.4 Å². The Bertz CT molecular complexity index is 789. The smallest absolute Gasteiger partial charge is 0.407 e. The Morgan fingerprint density at radius 2 is 1.90 bits per heavy atom. The molecule has 1 heterocycles. The molecule has 0 aliphatic carbocycles. The summed E-state index contributed by atoms with van der Waals surface area (Å²) in [5.74, 6) is 0. The van der Waals surface area contributed by atoms with Crippen molar-refractivity contribution in [2.24, 2.45) is 0 Å². The summed E-state index contributed by atoms with van der Waals surface area (Å²) in [5, 5.41) is 9.81. The summed E-state index contributed by atoms with van der Waals surface area (Å²) in [4.78, 5) is 17.6. The number of nitrogens with zero attached hydrogens (tertiary/aromatic N) is 2. The van der Waals surface area contributed by atoms with Crippen LogP contribution in [0.2, 0.25) is 18.1 Å². The summed E-state index contributed by atoms with van der Waals surface area (Å²) in [5.41, 5.74) is 8.38. The number of nitrogen functional groups attached to an aromatic ring is 1. The van der Waals surface area contributed by atoms with Gasteiger partial charge in [-0.2, -0.15) is 0 Å². The van der Waals surface area contributed by atoms with E-state index in [1.54, 1.807) is 12.4 Å². The van der Waals surface area contributed by atoms with Gasteiger partial charge in [-0.15, -0.1) is 0 Å². The molecule has 0 aliphatic rings. The van der Waals surface area contributed by atoms with Crippen LogP contribution in [0.5, 0.6) is 0 Å². The Kier molecular flexibility index (Phi) is 7.43. The van der Waals surface area contributed by atoms with Crippen molar-refractivity contribution in [3.05, 3.63) is 59.9 Å². The van der Waals surface area contributed by atoms with Crippen LogP contribution in [0.25, 0.3) is 0 Å². The molecule has 1 aromatic carbocycles. The molecule has 0 saturated carbocycles. The van der Waals surface area contributed by atoms with E-state index >= 15 is 0 Å². The molecular formula is C22H33N3O3Si. The molecule has 1 unspecified atom stereocenters. The first kappa shape index (κ1) is 22.9. The third kappa shape index (κ3) is 6.57. The van der Waals surface area contributed by atoms with Gasteiger partial charge in [0, 0.05) is 24.6 Å². The number of anilines is 1. The lowest BCUT2D eigenvalue weighted by Crippen LogP contribution is -2.45. The fourth-order valence-electron chi connectivity index (χ4n) is 2.72. The topological polar surface area (TPSA) is 88.7 Å². The van der Waals surface area contributed by atoms with Gasteiger partial charge in [0.15, 0.2) is 8.32 Å². The maximum absolute atomic E-state index is 12.0. The maximum Gasteiger partial charge on any atom is 0.407 e. The zero-order chi connectivity index (χ0) is 21.7. The van der Waals surface area contributed by atoms with Gasteiger partial charge in [0.1, 0.15) is 0 Å². The molecule has 1 amide bonds. The van der Waals surface area contributed by atoms with Crippen LogP contribution in [0, 0.1) is 0 Å². The van der Waals surface area contributed by atoms with Gasteiger partial charge in [-0.25, -0.2) is 4.79 Å². The third-order valence-electron chi connectivity index (χ3n) is 5.61. The van der Waals surface area contributed by atoms with E-state index in [-0.39, 0.29) is 17.7 Å². The molecule has 6 nitrogen and oxygen atoms in total. The normalized spacial score (nSPS) is 13.1. The Morgan fingerprint density at radius 3 is 2.41 bits per heavy atom. The van der Waals surface area contributed by atoms with Crippen LogP contribution >= 0.6 is 0 Å². The number of hydrogen-bond acceptors (Lipinski definition) is 4. The van der Waals surface area contributed by atoms with E-state index in [0.29, 0.717) is 18.7 Å². The number of rotatable bonds is 8. The first-order valence-electron chi connectivity index (χ1n) is 9.89. The number of aromatic nitrogens is 1. The number of benzene rings is 1. The van der Waals surface area contributed by atoms with Crippen molar-refractivity contribution < 1.29 is 14.3 Å². The summed E-state index contributed by atoms with van der Waals surface area (Å²) >= 11 is 0. The van der Waals surface area contributed by atoms with Crippen LogP contribution in [0.15, 0.2) is 48.8 Å². The van der Waals surface area contributed by atoms with Crippen LogP contribution in [0.4, 0.5) is 10.5 Å². The lowest BCUT2D eigenvalue weighted by Gasteiger charge is -2.40. The van der Waals surface area contributed by atoms with Crippen molar-refractivity contribution in [2.75, 3.05) is 18.8 Å². The van der Waals surface area contributed by atoms with E-state index in [2.05, 4.69) is 38.8 Å². The summed E-state index contributed by atoms with van der Waals surface area (Å²) in [6.07, 6.45) is 2.79. The Labute approximate surface area is 174 Å². The number of carbonyl (C=O) groups is 1. The highest BCUT2D eigenvalue weighted by Gasteiger charge is 2.40. The van der Waals surface area contributed by atoms with Gasteiger partial charge in [-0.05, 0) is 53.9 Å². The largest absolute Gasteiger partial charge is 0.465 e. The van der Waals surface area contributed by atoms with Crippen LogP contribution in [0.3, 0.4) is 0 Å². The Morgan fingerprint density at radius 1 is 1.24 bits per heavy atom. The monoisotopic (exact) mass is 415 g/mol. The van der Waals surface area contributed by atoms with Gasteiger partial charge in [0.05, 0.1) is 12.6 Å². The number of carboxylic acid groups (broad SMARTS) is 1. The summed E-state index contributed by atoms with van der Waals surface area (Å²) in [6, 6.07) is 11.3. The van der Waals surface area contributed by atoms with Crippen molar-refractivity contribution in [3.8, 4) is 0 Å². The van der Waals surface area contributed by atoms with Crippen molar-refractivity contribution in [1.82, 2.24) is 9.88 Å². The third-order valence-corrected chi connectivity index (χ3v) is 10.1. The lowest BCUT2D eigenvalue weighted by molar-refractivity contribution is 0.102. The molecule has 2 rings (SSSR count). The number of hydrogen-bond donors (Lipinski definition) is 2. The van der Waals surface area contributed by atoms with Gasteiger partial charge in [0.25, 0.3) is 0 Å². The Balaban J connectivity index is 2.19. The summed E-state index contributed by atoms with van der Waals surface area (Å²) in [7, 11) is -2.11. The molecule has 0 aliphatic heterocycles. The molecule has 0 spiro atoms. The number of pyridine rings is 1. The van der Waals surface area contributed by atoms with Gasteiger partial charge in [0.2, 0.25) is 0 Å². The zero-order valence-corrected chi connectivity index (χ0v) is 19.1. The van der Waals surface area contributed by atoms with Crippen molar-refractivity contribution >= 4 is 20.1 Å². The molecule has 7 heteroatoms. The van der Waals surface area contributed by atoms with Crippen LogP contribution < -0.4 is 5.73 Å². The standard InChI is InChI=1S/C22H33N3O3Si/c1-22(2,3)29(4,5)28-20(18-7-6-13-24-15-18)16-25(21(26)27)14-12-17-8-10-19(23)11-9-17/h6-11,13,15,20H,12,14,16,23H2,1-5H3,(H,26,27). The summed E-state index contributed by atoms with van der Waals surface area (Å²) in [6.45, 7) is 11.5. The first-order chi connectivity index (χ1) is 13.5. The highest BCUT2D eigenvalue weighted by Crippen LogP contribution is 2.39. The van der Waals surface area contributed by atoms with E-state index in [9.17, 15) is 9.90 Å². The molecule has 1 aromatic heterocycles. The van der Waals surface area contributed by atoms with E-state index in [4.69, 9.17) is 10.2 Å². The van der Waals surface area contributed by atoms with E-state index < -0.39 is 14.4 Å². The second kappa shape index (κ2) is 9.41. The molecule has 29 heavy (non-hydrogen) atoms. The second-order valence-electron chi connectivity index (χ2n) is 8.87. The molecule has 0 saturated heterocycles. The van der Waals surface area contributed by atoms with Crippen LogP contribution in [-0.2, 0) is 10.8 Å². The lowest BCUT2D eigenvalue weighted by atomic mass is 10.1. The molecule has 3 N–H and O–H groups in total. The number of amides is 1. The quantitative estimate of drug-likeness (QED) is 0.470. The minimum absolute atomic E-state index is 0.0193. The van der Waals surface area contributed by atoms with Crippen molar-refractivity contribution in [3.63, 3.8) is 0 Å².